The number of hydrogen-bond acceptors (Lipinski definition) is 2. The van der Waals surface area contributed by atoms with Crippen LogP contribution in [0.3, 0.4) is 0 Å². The Morgan fingerprint density at radius 2 is 1.87 bits per heavy atom. The van der Waals surface area contributed by atoms with Gasteiger partial charge in [0.2, 0.25) is 0 Å². The van der Waals surface area contributed by atoms with Gasteiger partial charge in [0.1, 0.15) is 0 Å². The van der Waals surface area contributed by atoms with Gasteiger partial charge in [0.15, 0.2) is 5.79 Å². The lowest BCUT2D eigenvalue weighted by Gasteiger charge is -2.41. The van der Waals surface area contributed by atoms with Crippen molar-refractivity contribution < 1.29 is 9.47 Å². The van der Waals surface area contributed by atoms with E-state index in [9.17, 15) is 0 Å². The highest BCUT2D eigenvalue weighted by atomic mass is 16.7. The van der Waals surface area contributed by atoms with E-state index in [0.29, 0.717) is 5.92 Å². The van der Waals surface area contributed by atoms with E-state index in [1.807, 2.05) is 0 Å². The van der Waals surface area contributed by atoms with Crippen LogP contribution in [0, 0.1) is 17.3 Å². The van der Waals surface area contributed by atoms with E-state index in [2.05, 4.69) is 26.0 Å². The summed E-state index contributed by atoms with van der Waals surface area (Å²) in [4.78, 5) is 0. The Balaban J connectivity index is 1.71. The Morgan fingerprint density at radius 3 is 2.53 bits per heavy atom. The smallest absolute Gasteiger partial charge is 0.169 e. The van der Waals surface area contributed by atoms with Gasteiger partial charge in [0, 0.05) is 18.3 Å². The van der Waals surface area contributed by atoms with Crippen molar-refractivity contribution in [2.45, 2.75) is 38.9 Å². The molecule has 1 spiro atoms. The van der Waals surface area contributed by atoms with E-state index in [1.165, 1.54) is 6.42 Å². The van der Waals surface area contributed by atoms with Gasteiger partial charge >= 0.3 is 0 Å². The molecule has 0 N–H and O–H groups in total. The summed E-state index contributed by atoms with van der Waals surface area (Å²) < 4.78 is 12.0. The van der Waals surface area contributed by atoms with Crippen molar-refractivity contribution >= 4 is 0 Å². The summed E-state index contributed by atoms with van der Waals surface area (Å²) >= 11 is 0. The van der Waals surface area contributed by atoms with Crippen molar-refractivity contribution in [1.82, 2.24) is 0 Å². The molecule has 3 aliphatic rings. The first-order valence-electron chi connectivity index (χ1n) is 6.03. The van der Waals surface area contributed by atoms with Crippen LogP contribution in [-0.2, 0) is 9.47 Å². The second kappa shape index (κ2) is 3.08. The van der Waals surface area contributed by atoms with Crippen LogP contribution in [-0.4, -0.2) is 19.0 Å². The molecule has 1 aliphatic heterocycles. The molecule has 2 aliphatic carbocycles. The highest BCUT2D eigenvalue weighted by Gasteiger charge is 2.50. The minimum Gasteiger partial charge on any atom is -0.349 e. The van der Waals surface area contributed by atoms with Gasteiger partial charge in [-0.1, -0.05) is 26.0 Å². The standard InChI is InChI=1S/C13H20O2/c1-12(2)8-14-13(15-9-12)6-10-4-3-5-11(10)7-13/h3-4,10-11H,5-9H2,1-2H3/t10-,11+/m1/s1. The van der Waals surface area contributed by atoms with E-state index in [4.69, 9.17) is 9.47 Å². The van der Waals surface area contributed by atoms with Gasteiger partial charge in [0.25, 0.3) is 0 Å². The summed E-state index contributed by atoms with van der Waals surface area (Å²) in [6.45, 7) is 6.09. The predicted molar refractivity (Wildman–Crippen MR) is 58.4 cm³/mol. The maximum absolute atomic E-state index is 6.02. The fourth-order valence-corrected chi connectivity index (χ4v) is 3.04. The minimum absolute atomic E-state index is 0.193. The number of fused-ring (bicyclic) bond motifs is 1. The lowest BCUT2D eigenvalue weighted by Crippen LogP contribution is -2.46. The van der Waals surface area contributed by atoms with Gasteiger partial charge in [-0.3, -0.25) is 0 Å². The van der Waals surface area contributed by atoms with Crippen molar-refractivity contribution in [3.05, 3.63) is 12.2 Å². The molecular weight excluding hydrogens is 188 g/mol. The second-order valence-electron chi connectivity index (χ2n) is 6.15. The molecule has 0 aromatic rings. The average molecular weight is 208 g/mol. The summed E-state index contributed by atoms with van der Waals surface area (Å²) in [6.07, 6.45) is 8.06. The summed E-state index contributed by atoms with van der Waals surface area (Å²) in [5.74, 6) is 1.27. The van der Waals surface area contributed by atoms with Crippen LogP contribution in [0.2, 0.25) is 0 Å². The molecule has 1 heterocycles. The highest BCUT2D eigenvalue weighted by Crippen LogP contribution is 2.50. The van der Waals surface area contributed by atoms with Gasteiger partial charge in [0.05, 0.1) is 13.2 Å². The van der Waals surface area contributed by atoms with E-state index in [0.717, 1.165) is 32.0 Å². The molecule has 84 valence electrons. The number of hydrogen-bond donors (Lipinski definition) is 0. The molecule has 1 saturated carbocycles. The molecule has 2 heteroatoms. The average Bonchev–Trinajstić information content (AvgIpc) is 2.69. The van der Waals surface area contributed by atoms with Crippen molar-refractivity contribution in [2.24, 2.45) is 17.3 Å². The molecule has 0 radical (unpaired) electrons. The lowest BCUT2D eigenvalue weighted by atomic mass is 9.94. The van der Waals surface area contributed by atoms with Crippen molar-refractivity contribution in [1.29, 1.82) is 0 Å². The third-order valence-electron chi connectivity index (χ3n) is 4.00. The predicted octanol–water partition coefficient (Wildman–Crippen LogP) is 2.74. The van der Waals surface area contributed by atoms with Crippen LogP contribution < -0.4 is 0 Å². The third kappa shape index (κ3) is 1.64. The zero-order valence-corrected chi connectivity index (χ0v) is 9.66. The third-order valence-corrected chi connectivity index (χ3v) is 4.00. The Hall–Kier alpha value is -0.340. The van der Waals surface area contributed by atoms with Gasteiger partial charge in [-0.15, -0.1) is 0 Å². The number of rotatable bonds is 0. The number of allylic oxidation sites excluding steroid dienone is 2. The molecule has 0 aromatic carbocycles. The topological polar surface area (TPSA) is 18.5 Å². The normalized spacial score (nSPS) is 40.9. The van der Waals surface area contributed by atoms with Crippen LogP contribution in [0.4, 0.5) is 0 Å². The Kier molecular flexibility index (Phi) is 2.02. The second-order valence-corrected chi connectivity index (χ2v) is 6.15. The molecule has 0 amide bonds. The fraction of sp³-hybridized carbons (Fsp3) is 0.846. The van der Waals surface area contributed by atoms with Crippen molar-refractivity contribution in [2.75, 3.05) is 13.2 Å². The van der Waals surface area contributed by atoms with Crippen LogP contribution in [0.15, 0.2) is 12.2 Å². The van der Waals surface area contributed by atoms with Crippen molar-refractivity contribution in [3.8, 4) is 0 Å². The lowest BCUT2D eigenvalue weighted by molar-refractivity contribution is -0.296. The molecule has 15 heavy (non-hydrogen) atoms. The maximum atomic E-state index is 6.02. The molecule has 0 unspecified atom stereocenters. The molecule has 2 atom stereocenters. The number of ether oxygens (including phenoxy) is 2. The summed E-state index contributed by atoms with van der Waals surface area (Å²) in [7, 11) is 0. The van der Waals surface area contributed by atoms with Gasteiger partial charge in [-0.05, 0) is 18.3 Å². The first-order chi connectivity index (χ1) is 7.09. The van der Waals surface area contributed by atoms with Crippen molar-refractivity contribution in [3.63, 3.8) is 0 Å². The summed E-state index contributed by atoms with van der Waals surface area (Å²) in [5.41, 5.74) is 0.193. The van der Waals surface area contributed by atoms with Gasteiger partial charge in [-0.25, -0.2) is 0 Å². The minimum atomic E-state index is -0.227. The SMILES string of the molecule is CC1(C)COC2(C[C@@H]3CC=C[C@@H]3C2)OC1. The first-order valence-corrected chi connectivity index (χ1v) is 6.03. The Morgan fingerprint density at radius 1 is 1.13 bits per heavy atom. The van der Waals surface area contributed by atoms with Crippen LogP contribution in [0.1, 0.15) is 33.1 Å². The van der Waals surface area contributed by atoms with Gasteiger partial charge in [-0.2, -0.15) is 0 Å². The monoisotopic (exact) mass is 208 g/mol. The summed E-state index contributed by atoms with van der Waals surface area (Å²) in [5, 5.41) is 0. The molecule has 2 fully saturated rings. The molecular formula is C13H20O2. The fourth-order valence-electron chi connectivity index (χ4n) is 3.04. The zero-order valence-electron chi connectivity index (χ0n) is 9.66. The zero-order chi connectivity index (χ0) is 10.5. The molecule has 1 saturated heterocycles. The molecule has 0 bridgehead atoms. The Labute approximate surface area is 91.6 Å². The highest BCUT2D eigenvalue weighted by molar-refractivity contribution is 5.08. The van der Waals surface area contributed by atoms with Crippen LogP contribution in [0.25, 0.3) is 0 Å². The van der Waals surface area contributed by atoms with Gasteiger partial charge < -0.3 is 9.47 Å². The van der Waals surface area contributed by atoms with Crippen LogP contribution in [0.5, 0.6) is 0 Å². The first kappa shape index (κ1) is 9.86. The van der Waals surface area contributed by atoms with E-state index in [1.54, 1.807) is 0 Å². The quantitative estimate of drug-likeness (QED) is 0.570. The Bertz CT molecular complexity index is 283. The largest absolute Gasteiger partial charge is 0.349 e. The van der Waals surface area contributed by atoms with E-state index >= 15 is 0 Å². The maximum Gasteiger partial charge on any atom is 0.169 e. The molecule has 3 rings (SSSR count). The molecule has 2 nitrogen and oxygen atoms in total. The van der Waals surface area contributed by atoms with Crippen LogP contribution >= 0.6 is 0 Å². The van der Waals surface area contributed by atoms with E-state index in [-0.39, 0.29) is 11.2 Å². The summed E-state index contributed by atoms with van der Waals surface area (Å²) in [6, 6.07) is 0. The van der Waals surface area contributed by atoms with E-state index < -0.39 is 0 Å². The molecule has 0 aromatic heterocycles.